The summed E-state index contributed by atoms with van der Waals surface area (Å²) in [6, 6.07) is 12.5. The van der Waals surface area contributed by atoms with E-state index in [-0.39, 0.29) is 28.0 Å². The number of alkyl halides is 3. The summed E-state index contributed by atoms with van der Waals surface area (Å²) in [4.78, 5) is 9.86. The van der Waals surface area contributed by atoms with Gasteiger partial charge in [0.15, 0.2) is 0 Å². The minimum atomic E-state index is -4.64. The number of nitro benzene ring substituents is 1. The van der Waals surface area contributed by atoms with Crippen LogP contribution >= 0.6 is 11.6 Å². The summed E-state index contributed by atoms with van der Waals surface area (Å²) in [7, 11) is -4.37. The number of hydrogen-bond acceptors (Lipinski definition) is 6. The standard InChI is InChI=1S/C20H13ClF3NO6S/c21-18-11-15(25(26)27)6-9-19(18)30-12-13-4-7-17(8-5-13)32(28,29)31-16-3-1-2-14(10-16)20(22,23)24/h1-11H,12H2. The van der Waals surface area contributed by atoms with Crippen LogP contribution in [0.5, 0.6) is 11.5 Å². The van der Waals surface area contributed by atoms with Crippen molar-refractivity contribution in [2.24, 2.45) is 0 Å². The van der Waals surface area contributed by atoms with E-state index in [4.69, 9.17) is 20.5 Å². The van der Waals surface area contributed by atoms with Crippen LogP contribution in [0.1, 0.15) is 11.1 Å². The first kappa shape index (κ1) is 23.4. The van der Waals surface area contributed by atoms with Crippen molar-refractivity contribution in [2.75, 3.05) is 0 Å². The van der Waals surface area contributed by atoms with Crippen LogP contribution in [0.25, 0.3) is 0 Å². The van der Waals surface area contributed by atoms with Gasteiger partial charge in [-0.25, -0.2) is 0 Å². The molecule has 0 bridgehead atoms. The van der Waals surface area contributed by atoms with Crippen molar-refractivity contribution >= 4 is 27.4 Å². The van der Waals surface area contributed by atoms with Gasteiger partial charge in [0, 0.05) is 12.1 Å². The lowest BCUT2D eigenvalue weighted by atomic mass is 10.2. The fourth-order valence-corrected chi connectivity index (χ4v) is 3.68. The highest BCUT2D eigenvalue weighted by Gasteiger charge is 2.31. The molecule has 0 saturated heterocycles. The van der Waals surface area contributed by atoms with E-state index in [9.17, 15) is 31.7 Å². The third-order valence-electron chi connectivity index (χ3n) is 4.10. The van der Waals surface area contributed by atoms with E-state index in [1.807, 2.05) is 0 Å². The monoisotopic (exact) mass is 487 g/mol. The zero-order chi connectivity index (χ0) is 23.5. The van der Waals surface area contributed by atoms with Gasteiger partial charge in [-0.3, -0.25) is 10.1 Å². The van der Waals surface area contributed by atoms with Gasteiger partial charge in [-0.15, -0.1) is 0 Å². The van der Waals surface area contributed by atoms with Gasteiger partial charge in [0.2, 0.25) is 0 Å². The molecule has 12 heteroatoms. The first-order chi connectivity index (χ1) is 15.0. The summed E-state index contributed by atoms with van der Waals surface area (Å²) >= 11 is 5.95. The third kappa shape index (κ3) is 5.68. The molecular formula is C20H13ClF3NO6S. The van der Waals surface area contributed by atoms with Gasteiger partial charge in [0.1, 0.15) is 23.0 Å². The Bertz CT molecular complexity index is 1250. The van der Waals surface area contributed by atoms with Crippen LogP contribution in [-0.2, 0) is 22.9 Å². The van der Waals surface area contributed by atoms with Crippen molar-refractivity contribution < 1.29 is 35.4 Å². The van der Waals surface area contributed by atoms with Crippen molar-refractivity contribution in [3.8, 4) is 11.5 Å². The Hall–Kier alpha value is -3.31. The molecule has 0 fully saturated rings. The number of ether oxygens (including phenoxy) is 1. The van der Waals surface area contributed by atoms with E-state index < -0.39 is 32.5 Å². The lowest BCUT2D eigenvalue weighted by Gasteiger charge is -2.11. The van der Waals surface area contributed by atoms with Crippen molar-refractivity contribution in [3.05, 3.63) is 93.0 Å². The summed E-state index contributed by atoms with van der Waals surface area (Å²) in [6.07, 6.45) is -4.64. The first-order valence-corrected chi connectivity index (χ1v) is 10.5. The van der Waals surface area contributed by atoms with E-state index in [1.165, 1.54) is 36.4 Å². The molecule has 0 aliphatic heterocycles. The van der Waals surface area contributed by atoms with E-state index in [0.717, 1.165) is 24.3 Å². The Kier molecular flexibility index (Phi) is 6.60. The van der Waals surface area contributed by atoms with Gasteiger partial charge >= 0.3 is 16.3 Å². The maximum Gasteiger partial charge on any atom is 0.416 e. The Morgan fingerprint density at radius 1 is 1.00 bits per heavy atom. The van der Waals surface area contributed by atoms with Crippen LogP contribution in [0.4, 0.5) is 18.9 Å². The molecular weight excluding hydrogens is 475 g/mol. The zero-order valence-electron chi connectivity index (χ0n) is 15.9. The normalized spacial score (nSPS) is 11.8. The predicted molar refractivity (Wildman–Crippen MR) is 108 cm³/mol. The molecule has 0 aromatic heterocycles. The second-order valence-corrected chi connectivity index (χ2v) is 8.32. The topological polar surface area (TPSA) is 95.7 Å². The molecule has 0 unspecified atom stereocenters. The second kappa shape index (κ2) is 9.05. The molecule has 0 N–H and O–H groups in total. The fourth-order valence-electron chi connectivity index (χ4n) is 2.53. The average Bonchev–Trinajstić information content (AvgIpc) is 2.72. The number of nitrogens with zero attached hydrogens (tertiary/aromatic N) is 1. The maximum atomic E-state index is 12.8. The molecule has 0 aliphatic rings. The molecule has 0 radical (unpaired) electrons. The molecule has 0 aliphatic carbocycles. The first-order valence-electron chi connectivity index (χ1n) is 8.73. The van der Waals surface area contributed by atoms with E-state index >= 15 is 0 Å². The SMILES string of the molecule is O=[N+]([O-])c1ccc(OCc2ccc(S(=O)(=O)Oc3cccc(C(F)(F)F)c3)cc2)c(Cl)c1. The van der Waals surface area contributed by atoms with Gasteiger partial charge in [-0.2, -0.15) is 21.6 Å². The zero-order valence-corrected chi connectivity index (χ0v) is 17.4. The predicted octanol–water partition coefficient (Wildman–Crippen LogP) is 5.61. The summed E-state index contributed by atoms with van der Waals surface area (Å²) < 4.78 is 73.4. The van der Waals surface area contributed by atoms with Crippen LogP contribution < -0.4 is 8.92 Å². The van der Waals surface area contributed by atoms with E-state index in [2.05, 4.69) is 0 Å². The molecule has 168 valence electrons. The van der Waals surface area contributed by atoms with Crippen LogP contribution in [0.2, 0.25) is 5.02 Å². The minimum Gasteiger partial charge on any atom is -0.487 e. The Morgan fingerprint density at radius 3 is 2.28 bits per heavy atom. The lowest BCUT2D eigenvalue weighted by molar-refractivity contribution is -0.384. The summed E-state index contributed by atoms with van der Waals surface area (Å²) in [5.74, 6) is -0.276. The average molecular weight is 488 g/mol. The molecule has 32 heavy (non-hydrogen) atoms. The quantitative estimate of drug-likeness (QED) is 0.244. The molecule has 3 aromatic carbocycles. The number of benzene rings is 3. The van der Waals surface area contributed by atoms with Crippen LogP contribution in [0.3, 0.4) is 0 Å². The van der Waals surface area contributed by atoms with Gasteiger partial charge in [-0.1, -0.05) is 29.8 Å². The second-order valence-electron chi connectivity index (χ2n) is 6.37. The van der Waals surface area contributed by atoms with Crippen molar-refractivity contribution in [1.82, 2.24) is 0 Å². The third-order valence-corrected chi connectivity index (χ3v) is 5.66. The number of hydrogen-bond donors (Lipinski definition) is 0. The van der Waals surface area contributed by atoms with Crippen molar-refractivity contribution in [3.63, 3.8) is 0 Å². The van der Waals surface area contributed by atoms with Crippen LogP contribution in [0.15, 0.2) is 71.6 Å². The highest BCUT2D eigenvalue weighted by Crippen LogP contribution is 2.32. The van der Waals surface area contributed by atoms with Gasteiger partial charge in [0.25, 0.3) is 5.69 Å². The molecule has 3 rings (SSSR count). The van der Waals surface area contributed by atoms with Crippen molar-refractivity contribution in [2.45, 2.75) is 17.7 Å². The summed E-state index contributed by atoms with van der Waals surface area (Å²) in [5, 5.41) is 10.8. The largest absolute Gasteiger partial charge is 0.487 e. The van der Waals surface area contributed by atoms with E-state index in [1.54, 1.807) is 0 Å². The Balaban J connectivity index is 1.69. The number of halogens is 4. The summed E-state index contributed by atoms with van der Waals surface area (Å²) in [5.41, 5.74) is -0.697. The Morgan fingerprint density at radius 2 is 1.69 bits per heavy atom. The molecule has 0 atom stereocenters. The molecule has 0 heterocycles. The van der Waals surface area contributed by atoms with E-state index in [0.29, 0.717) is 11.6 Å². The lowest BCUT2D eigenvalue weighted by Crippen LogP contribution is -2.11. The van der Waals surface area contributed by atoms with Crippen LogP contribution in [0, 0.1) is 10.1 Å². The highest BCUT2D eigenvalue weighted by atomic mass is 35.5. The molecule has 0 spiro atoms. The van der Waals surface area contributed by atoms with Gasteiger partial charge in [0.05, 0.1) is 15.5 Å². The van der Waals surface area contributed by atoms with Crippen LogP contribution in [-0.4, -0.2) is 13.3 Å². The maximum absolute atomic E-state index is 12.8. The van der Waals surface area contributed by atoms with Crippen molar-refractivity contribution in [1.29, 1.82) is 0 Å². The highest BCUT2D eigenvalue weighted by molar-refractivity contribution is 7.87. The molecule has 0 amide bonds. The minimum absolute atomic E-state index is 0.0215. The number of rotatable bonds is 7. The molecule has 7 nitrogen and oxygen atoms in total. The molecule has 0 saturated carbocycles. The number of non-ortho nitro benzene ring substituents is 1. The van der Waals surface area contributed by atoms with Gasteiger partial charge < -0.3 is 8.92 Å². The fraction of sp³-hybridized carbons (Fsp3) is 0.100. The Labute approximate surface area is 185 Å². The summed E-state index contributed by atoms with van der Waals surface area (Å²) in [6.45, 7) is -0.0215. The molecule has 3 aromatic rings. The smallest absolute Gasteiger partial charge is 0.416 e. The van der Waals surface area contributed by atoms with Gasteiger partial charge in [-0.05, 0) is 42.0 Å². The number of nitro groups is 1.